The number of hydrogen-bond acceptors (Lipinski definition) is 3. The van der Waals surface area contributed by atoms with Crippen LogP contribution in [0.4, 0.5) is 0 Å². The summed E-state index contributed by atoms with van der Waals surface area (Å²) in [6.07, 6.45) is 1.42. The molecule has 4 nitrogen and oxygen atoms in total. The number of amides is 1. The zero-order valence-electron chi connectivity index (χ0n) is 10.6. The van der Waals surface area contributed by atoms with Gasteiger partial charge < -0.3 is 5.32 Å². The van der Waals surface area contributed by atoms with Gasteiger partial charge in [-0.25, -0.2) is 0 Å². The molecule has 0 aliphatic carbocycles. The highest BCUT2D eigenvalue weighted by Crippen LogP contribution is 2.33. The van der Waals surface area contributed by atoms with Crippen molar-refractivity contribution in [3.63, 3.8) is 0 Å². The molecule has 19 heavy (non-hydrogen) atoms. The molecule has 1 atom stereocenters. The molecule has 4 heteroatoms. The van der Waals surface area contributed by atoms with Crippen LogP contribution in [0, 0.1) is 11.3 Å². The Morgan fingerprint density at radius 3 is 2.84 bits per heavy atom. The Morgan fingerprint density at radius 2 is 2.11 bits per heavy atom. The van der Waals surface area contributed by atoms with E-state index in [1.54, 1.807) is 4.90 Å². The highest BCUT2D eigenvalue weighted by molar-refractivity contribution is 5.87. The number of fused-ring (bicyclic) bond motifs is 1. The van der Waals surface area contributed by atoms with Gasteiger partial charge in [-0.15, -0.1) is 0 Å². The van der Waals surface area contributed by atoms with Crippen molar-refractivity contribution in [3.8, 4) is 6.07 Å². The van der Waals surface area contributed by atoms with E-state index >= 15 is 0 Å². The van der Waals surface area contributed by atoms with Crippen molar-refractivity contribution in [3.05, 3.63) is 47.3 Å². The number of hydrogen-bond donors (Lipinski definition) is 1. The predicted molar refractivity (Wildman–Crippen MR) is 70.8 cm³/mol. The van der Waals surface area contributed by atoms with Crippen molar-refractivity contribution in [2.24, 2.45) is 0 Å². The van der Waals surface area contributed by atoms with Gasteiger partial charge in [0.05, 0.1) is 17.6 Å². The van der Waals surface area contributed by atoms with E-state index in [1.807, 2.05) is 30.3 Å². The number of nitrogens with zero attached hydrogens (tertiary/aromatic N) is 2. The smallest absolute Gasteiger partial charge is 0.236 e. The molecule has 1 amide bonds. The van der Waals surface area contributed by atoms with Crippen LogP contribution in [0.15, 0.2) is 41.7 Å². The number of allylic oxidation sites excluding steroid dienone is 1. The Labute approximate surface area is 112 Å². The first-order chi connectivity index (χ1) is 9.31. The first-order valence-corrected chi connectivity index (χ1v) is 6.54. The minimum Gasteiger partial charge on any atom is -0.370 e. The quantitative estimate of drug-likeness (QED) is 0.829. The average Bonchev–Trinajstić information content (AvgIpc) is 2.49. The number of nitriles is 1. The van der Waals surface area contributed by atoms with Gasteiger partial charge in [-0.1, -0.05) is 30.3 Å². The molecule has 2 heterocycles. The van der Waals surface area contributed by atoms with E-state index < -0.39 is 0 Å². The van der Waals surface area contributed by atoms with Crippen molar-refractivity contribution >= 4 is 5.91 Å². The fourth-order valence-electron chi connectivity index (χ4n) is 2.76. The second-order valence-corrected chi connectivity index (χ2v) is 4.88. The van der Waals surface area contributed by atoms with Crippen molar-refractivity contribution in [1.29, 1.82) is 5.26 Å². The molecular formula is C15H15N3O. The minimum absolute atomic E-state index is 0.104. The van der Waals surface area contributed by atoms with Gasteiger partial charge in [-0.2, -0.15) is 5.26 Å². The van der Waals surface area contributed by atoms with Crippen LogP contribution >= 0.6 is 0 Å². The van der Waals surface area contributed by atoms with Crippen LogP contribution in [-0.4, -0.2) is 23.9 Å². The lowest BCUT2D eigenvalue weighted by molar-refractivity contribution is -0.132. The van der Waals surface area contributed by atoms with Crippen LogP contribution in [0.2, 0.25) is 0 Å². The van der Waals surface area contributed by atoms with E-state index in [0.717, 1.165) is 24.4 Å². The lowest BCUT2D eigenvalue weighted by Crippen LogP contribution is -2.48. The summed E-state index contributed by atoms with van der Waals surface area (Å²) in [5, 5.41) is 12.5. The van der Waals surface area contributed by atoms with Gasteiger partial charge in [-0.05, 0) is 12.0 Å². The Morgan fingerprint density at radius 1 is 1.32 bits per heavy atom. The molecule has 0 radical (unpaired) electrons. The normalized spacial score (nSPS) is 22.6. The van der Waals surface area contributed by atoms with Crippen LogP contribution in [0.1, 0.15) is 24.3 Å². The number of rotatable bonds is 1. The second-order valence-electron chi connectivity index (χ2n) is 4.88. The van der Waals surface area contributed by atoms with Crippen molar-refractivity contribution in [1.82, 2.24) is 10.2 Å². The summed E-state index contributed by atoms with van der Waals surface area (Å²) < 4.78 is 0. The molecule has 3 rings (SSSR count). The maximum Gasteiger partial charge on any atom is 0.236 e. The monoisotopic (exact) mass is 253 g/mol. The second kappa shape index (κ2) is 4.77. The van der Waals surface area contributed by atoms with Gasteiger partial charge in [0.25, 0.3) is 0 Å². The fourth-order valence-corrected chi connectivity index (χ4v) is 2.76. The summed E-state index contributed by atoms with van der Waals surface area (Å²) in [6.45, 7) is 1.54. The third-order valence-corrected chi connectivity index (χ3v) is 3.72. The van der Waals surface area contributed by atoms with Gasteiger partial charge in [0.1, 0.15) is 5.82 Å². The zero-order valence-corrected chi connectivity index (χ0v) is 10.6. The van der Waals surface area contributed by atoms with Gasteiger partial charge >= 0.3 is 0 Å². The molecule has 0 aromatic heterocycles. The average molecular weight is 253 g/mol. The van der Waals surface area contributed by atoms with Crippen LogP contribution < -0.4 is 5.32 Å². The highest BCUT2D eigenvalue weighted by Gasteiger charge is 2.36. The molecule has 2 aliphatic rings. The Balaban J connectivity index is 2.00. The largest absolute Gasteiger partial charge is 0.370 e. The van der Waals surface area contributed by atoms with Gasteiger partial charge in [0.15, 0.2) is 0 Å². The molecule has 1 N–H and O–H groups in total. The third-order valence-electron chi connectivity index (χ3n) is 3.72. The van der Waals surface area contributed by atoms with E-state index in [4.69, 9.17) is 0 Å². The SMILES string of the molecule is N#CC1=C2NCCCN2C(=O)C(c2ccccc2)C1. The summed E-state index contributed by atoms with van der Waals surface area (Å²) in [6, 6.07) is 12.0. The molecule has 96 valence electrons. The lowest BCUT2D eigenvalue weighted by atomic mass is 9.87. The lowest BCUT2D eigenvalue weighted by Gasteiger charge is -2.38. The minimum atomic E-state index is -0.223. The molecule has 1 aromatic carbocycles. The van der Waals surface area contributed by atoms with Crippen LogP contribution in [0.3, 0.4) is 0 Å². The maximum absolute atomic E-state index is 12.6. The maximum atomic E-state index is 12.6. The number of carbonyl (C=O) groups is 1. The van der Waals surface area contributed by atoms with Crippen molar-refractivity contribution in [2.75, 3.05) is 13.1 Å². The molecule has 1 aromatic rings. The first kappa shape index (κ1) is 11.8. The number of carbonyl (C=O) groups excluding carboxylic acids is 1. The van der Waals surface area contributed by atoms with E-state index in [9.17, 15) is 10.1 Å². The Kier molecular flexibility index (Phi) is 2.96. The molecule has 1 fully saturated rings. The molecule has 0 bridgehead atoms. The molecular weight excluding hydrogens is 238 g/mol. The standard InChI is InChI=1S/C15H15N3O/c16-10-12-9-13(11-5-2-1-3-6-11)15(19)18-8-4-7-17-14(12)18/h1-3,5-6,13,17H,4,7-9H2. The molecule has 0 spiro atoms. The van der Waals surface area contributed by atoms with Crippen LogP contribution in [0.5, 0.6) is 0 Å². The summed E-state index contributed by atoms with van der Waals surface area (Å²) in [7, 11) is 0. The number of benzene rings is 1. The van der Waals surface area contributed by atoms with Crippen LogP contribution in [0.25, 0.3) is 0 Å². The number of nitrogens with one attached hydrogen (secondary N) is 1. The highest BCUT2D eigenvalue weighted by atomic mass is 16.2. The molecule has 1 unspecified atom stereocenters. The summed E-state index contributed by atoms with van der Waals surface area (Å²) in [4.78, 5) is 14.3. The molecule has 2 aliphatic heterocycles. The summed E-state index contributed by atoms with van der Waals surface area (Å²) in [5.74, 6) is 0.609. The van der Waals surface area contributed by atoms with Crippen molar-refractivity contribution < 1.29 is 4.79 Å². The van der Waals surface area contributed by atoms with Crippen LogP contribution in [-0.2, 0) is 4.79 Å². The Hall–Kier alpha value is -2.28. The molecule has 1 saturated heterocycles. The van der Waals surface area contributed by atoms with Gasteiger partial charge in [-0.3, -0.25) is 9.69 Å². The summed E-state index contributed by atoms with van der Waals surface area (Å²) >= 11 is 0. The Bertz CT molecular complexity index is 571. The summed E-state index contributed by atoms with van der Waals surface area (Å²) in [5.41, 5.74) is 1.68. The topological polar surface area (TPSA) is 56.1 Å². The van der Waals surface area contributed by atoms with Gasteiger partial charge in [0, 0.05) is 19.5 Å². The predicted octanol–water partition coefficient (Wildman–Crippen LogP) is 1.73. The van der Waals surface area contributed by atoms with Gasteiger partial charge in [0.2, 0.25) is 5.91 Å². The van der Waals surface area contributed by atoms with E-state index in [-0.39, 0.29) is 11.8 Å². The van der Waals surface area contributed by atoms with E-state index in [0.29, 0.717) is 18.5 Å². The van der Waals surface area contributed by atoms with E-state index in [1.165, 1.54) is 0 Å². The zero-order chi connectivity index (χ0) is 13.2. The molecule has 0 saturated carbocycles. The fraction of sp³-hybridized carbons (Fsp3) is 0.333. The van der Waals surface area contributed by atoms with E-state index in [2.05, 4.69) is 11.4 Å². The first-order valence-electron chi connectivity index (χ1n) is 6.54. The third kappa shape index (κ3) is 1.97. The van der Waals surface area contributed by atoms with Crippen molar-refractivity contribution in [2.45, 2.75) is 18.8 Å².